The molecule has 0 aliphatic rings. The van der Waals surface area contributed by atoms with Gasteiger partial charge in [0.2, 0.25) is 5.11 Å². The fraction of sp³-hybridized carbons (Fsp3) is 0. The van der Waals surface area contributed by atoms with Crippen LogP contribution in [0.5, 0.6) is 0 Å². The Hall–Kier alpha value is -3.25. The first-order valence-electron chi connectivity index (χ1n) is 7.80. The molecule has 0 aliphatic heterocycles. The van der Waals surface area contributed by atoms with Crippen molar-refractivity contribution in [3.8, 4) is 0 Å². The standard InChI is InChI=1S/C19H15N5S/c25-19(22-11-13-9-20-17-7-3-1-5-15(13)17)24-23-12-14-10-21-18-8-4-2-6-16(14)18/h1-12,20-21H,(H,24,25)/b22-11+,23-12+. The first-order valence-corrected chi connectivity index (χ1v) is 8.21. The quantitative estimate of drug-likeness (QED) is 0.299. The van der Waals surface area contributed by atoms with Crippen LogP contribution >= 0.6 is 12.2 Å². The van der Waals surface area contributed by atoms with Gasteiger partial charge >= 0.3 is 0 Å². The summed E-state index contributed by atoms with van der Waals surface area (Å²) in [5, 5.41) is 6.70. The van der Waals surface area contributed by atoms with E-state index < -0.39 is 0 Å². The third-order valence-electron chi connectivity index (χ3n) is 3.93. The van der Waals surface area contributed by atoms with Crippen LogP contribution in [0.3, 0.4) is 0 Å². The number of nitrogens with one attached hydrogen (secondary N) is 3. The van der Waals surface area contributed by atoms with Crippen molar-refractivity contribution in [2.24, 2.45) is 10.1 Å². The lowest BCUT2D eigenvalue weighted by molar-refractivity contribution is 1.04. The summed E-state index contributed by atoms with van der Waals surface area (Å²) in [5.41, 5.74) is 6.90. The van der Waals surface area contributed by atoms with Crippen molar-refractivity contribution in [2.75, 3.05) is 0 Å². The number of fused-ring (bicyclic) bond motifs is 2. The highest BCUT2D eigenvalue weighted by Crippen LogP contribution is 2.16. The van der Waals surface area contributed by atoms with Gasteiger partial charge in [-0.05, 0) is 24.4 Å². The molecule has 0 saturated heterocycles. The summed E-state index contributed by atoms with van der Waals surface area (Å²) < 4.78 is 0. The topological polar surface area (TPSA) is 68.3 Å². The van der Waals surface area contributed by atoms with E-state index in [-0.39, 0.29) is 0 Å². The minimum Gasteiger partial charge on any atom is -0.361 e. The van der Waals surface area contributed by atoms with E-state index in [1.54, 1.807) is 12.4 Å². The van der Waals surface area contributed by atoms with Crippen molar-refractivity contribution < 1.29 is 0 Å². The predicted octanol–water partition coefficient (Wildman–Crippen LogP) is 3.98. The average molecular weight is 345 g/mol. The van der Waals surface area contributed by atoms with Crippen LogP contribution in [0, 0.1) is 0 Å². The zero-order valence-corrected chi connectivity index (χ0v) is 14.0. The summed E-state index contributed by atoms with van der Waals surface area (Å²) in [7, 11) is 0. The molecule has 2 aromatic carbocycles. The molecule has 2 aromatic heterocycles. The van der Waals surface area contributed by atoms with E-state index in [2.05, 4.69) is 25.5 Å². The third kappa shape index (κ3) is 3.20. The van der Waals surface area contributed by atoms with E-state index in [1.807, 2.05) is 60.9 Å². The highest BCUT2D eigenvalue weighted by molar-refractivity contribution is 7.80. The van der Waals surface area contributed by atoms with Crippen LogP contribution in [0.25, 0.3) is 21.8 Å². The van der Waals surface area contributed by atoms with Crippen molar-refractivity contribution in [1.82, 2.24) is 15.4 Å². The summed E-state index contributed by atoms with van der Waals surface area (Å²) in [6, 6.07) is 16.1. The lowest BCUT2D eigenvalue weighted by atomic mass is 10.2. The number of aromatic nitrogens is 2. The van der Waals surface area contributed by atoms with E-state index in [1.165, 1.54) is 0 Å². The van der Waals surface area contributed by atoms with Gasteiger partial charge in [0.1, 0.15) is 0 Å². The molecule has 0 atom stereocenters. The van der Waals surface area contributed by atoms with Crippen molar-refractivity contribution >= 4 is 51.6 Å². The molecule has 122 valence electrons. The van der Waals surface area contributed by atoms with Crippen molar-refractivity contribution in [1.29, 1.82) is 0 Å². The highest BCUT2D eigenvalue weighted by Gasteiger charge is 2.01. The zero-order valence-electron chi connectivity index (χ0n) is 13.2. The van der Waals surface area contributed by atoms with Crippen LogP contribution in [-0.2, 0) is 0 Å². The molecule has 0 aliphatic carbocycles. The van der Waals surface area contributed by atoms with Crippen molar-refractivity contribution in [3.05, 3.63) is 72.1 Å². The predicted molar refractivity (Wildman–Crippen MR) is 108 cm³/mol. The summed E-state index contributed by atoms with van der Waals surface area (Å²) in [6.45, 7) is 0. The van der Waals surface area contributed by atoms with Gasteiger partial charge in [0.25, 0.3) is 0 Å². The van der Waals surface area contributed by atoms with E-state index in [9.17, 15) is 0 Å². The number of aliphatic imine (C=N–C) groups is 1. The molecular formula is C19H15N5S. The third-order valence-corrected chi connectivity index (χ3v) is 4.12. The smallest absolute Gasteiger partial charge is 0.213 e. The summed E-state index contributed by atoms with van der Waals surface area (Å²) >= 11 is 5.20. The fourth-order valence-corrected chi connectivity index (χ4v) is 2.82. The highest BCUT2D eigenvalue weighted by atomic mass is 32.1. The maximum Gasteiger partial charge on any atom is 0.213 e. The van der Waals surface area contributed by atoms with Crippen LogP contribution in [0.1, 0.15) is 11.1 Å². The van der Waals surface area contributed by atoms with Gasteiger partial charge < -0.3 is 9.97 Å². The average Bonchev–Trinajstić information content (AvgIpc) is 3.24. The normalized spacial score (nSPS) is 11.8. The van der Waals surface area contributed by atoms with Gasteiger partial charge in [-0.25, -0.2) is 4.99 Å². The Balaban J connectivity index is 1.44. The Morgan fingerprint density at radius 3 is 2.04 bits per heavy atom. The molecule has 4 rings (SSSR count). The number of nitrogens with zero attached hydrogens (tertiary/aromatic N) is 2. The van der Waals surface area contributed by atoms with Crippen molar-refractivity contribution in [3.63, 3.8) is 0 Å². The minimum absolute atomic E-state index is 0.307. The Labute approximate surface area is 149 Å². The maximum absolute atomic E-state index is 5.20. The number of hydrazone groups is 1. The van der Waals surface area contributed by atoms with E-state index >= 15 is 0 Å². The zero-order chi connectivity index (χ0) is 17.1. The summed E-state index contributed by atoms with van der Waals surface area (Å²) in [4.78, 5) is 10.7. The molecule has 6 heteroatoms. The molecule has 0 bridgehead atoms. The molecule has 0 saturated carbocycles. The lowest BCUT2D eigenvalue weighted by Gasteiger charge is -1.96. The Morgan fingerprint density at radius 1 is 0.840 bits per heavy atom. The number of hydrogen-bond donors (Lipinski definition) is 3. The van der Waals surface area contributed by atoms with Gasteiger partial charge in [0.15, 0.2) is 0 Å². The summed E-state index contributed by atoms with van der Waals surface area (Å²) in [6.07, 6.45) is 7.28. The van der Waals surface area contributed by atoms with Crippen LogP contribution in [0.2, 0.25) is 0 Å². The second-order valence-electron chi connectivity index (χ2n) is 5.51. The van der Waals surface area contributed by atoms with Crippen LogP contribution in [-0.4, -0.2) is 27.5 Å². The number of para-hydroxylation sites is 2. The molecule has 2 heterocycles. The van der Waals surface area contributed by atoms with Gasteiger partial charge in [-0.1, -0.05) is 36.4 Å². The Morgan fingerprint density at radius 2 is 1.40 bits per heavy atom. The van der Waals surface area contributed by atoms with Crippen molar-refractivity contribution in [2.45, 2.75) is 0 Å². The van der Waals surface area contributed by atoms with Crippen LogP contribution < -0.4 is 5.43 Å². The summed E-state index contributed by atoms with van der Waals surface area (Å²) in [5.74, 6) is 0. The van der Waals surface area contributed by atoms with Crippen LogP contribution in [0.15, 0.2) is 71.0 Å². The number of hydrogen-bond acceptors (Lipinski definition) is 2. The first kappa shape index (κ1) is 15.3. The molecule has 0 spiro atoms. The SMILES string of the molecule is S=C(/N=C/c1c[nH]c2ccccc12)N/N=C/c1c[nH]c2ccccc12. The van der Waals surface area contributed by atoms with Gasteiger partial charge in [0.05, 0.1) is 6.21 Å². The molecule has 3 N–H and O–H groups in total. The van der Waals surface area contributed by atoms with Gasteiger partial charge in [-0.2, -0.15) is 5.10 Å². The number of rotatable bonds is 3. The number of benzene rings is 2. The number of H-pyrrole nitrogens is 2. The molecular weight excluding hydrogens is 330 g/mol. The molecule has 25 heavy (non-hydrogen) atoms. The monoisotopic (exact) mass is 345 g/mol. The number of thiocarbonyl (C=S) groups is 1. The minimum atomic E-state index is 0.307. The molecule has 0 unspecified atom stereocenters. The van der Waals surface area contributed by atoms with Crippen LogP contribution in [0.4, 0.5) is 0 Å². The first-order chi connectivity index (χ1) is 12.3. The molecule has 0 fully saturated rings. The fourth-order valence-electron chi connectivity index (χ4n) is 2.72. The largest absolute Gasteiger partial charge is 0.361 e. The lowest BCUT2D eigenvalue weighted by Crippen LogP contribution is -2.12. The second kappa shape index (κ2) is 6.70. The van der Waals surface area contributed by atoms with E-state index in [4.69, 9.17) is 12.2 Å². The van der Waals surface area contributed by atoms with E-state index in [0.717, 1.165) is 32.9 Å². The van der Waals surface area contributed by atoms with Gasteiger partial charge in [-0.3, -0.25) is 5.43 Å². The second-order valence-corrected chi connectivity index (χ2v) is 5.90. The molecule has 0 radical (unpaired) electrons. The molecule has 5 nitrogen and oxygen atoms in total. The molecule has 4 aromatic rings. The number of aromatic amines is 2. The van der Waals surface area contributed by atoms with Gasteiger partial charge in [0, 0.05) is 51.5 Å². The maximum atomic E-state index is 5.20. The Bertz CT molecular complexity index is 1100. The molecule has 0 amide bonds. The van der Waals surface area contributed by atoms with Gasteiger partial charge in [-0.15, -0.1) is 0 Å². The Kier molecular flexibility index (Phi) is 4.10. The van der Waals surface area contributed by atoms with E-state index in [0.29, 0.717) is 5.11 Å².